The first-order valence-electron chi connectivity index (χ1n) is 8.41. The highest BCUT2D eigenvalue weighted by Gasteiger charge is 2.20. The van der Waals surface area contributed by atoms with Crippen molar-refractivity contribution in [2.24, 2.45) is 0 Å². The molecule has 1 N–H and O–H groups in total. The first-order chi connectivity index (χ1) is 12.9. The van der Waals surface area contributed by atoms with E-state index < -0.39 is 5.91 Å². The van der Waals surface area contributed by atoms with Gasteiger partial charge in [0.2, 0.25) is 12.5 Å². The lowest BCUT2D eigenvalue weighted by atomic mass is 10.0. The molecule has 1 aliphatic heterocycles. The zero-order valence-corrected chi connectivity index (χ0v) is 15.7. The van der Waals surface area contributed by atoms with Gasteiger partial charge in [0.1, 0.15) is 11.6 Å². The van der Waals surface area contributed by atoms with Crippen LogP contribution in [-0.4, -0.2) is 19.8 Å². The molecule has 0 bridgehead atoms. The summed E-state index contributed by atoms with van der Waals surface area (Å²) in [7, 11) is 1.52. The van der Waals surface area contributed by atoms with E-state index >= 15 is 0 Å². The minimum Gasteiger partial charge on any atom is -0.493 e. The molecule has 0 aromatic heterocycles. The van der Waals surface area contributed by atoms with Gasteiger partial charge < -0.3 is 19.5 Å². The quantitative estimate of drug-likeness (QED) is 0.657. The summed E-state index contributed by atoms with van der Waals surface area (Å²) >= 11 is 0. The van der Waals surface area contributed by atoms with Crippen molar-refractivity contribution in [1.29, 1.82) is 5.26 Å². The molecular weight excluding hydrogens is 344 g/mol. The number of nitrogens with one attached hydrogen (secondary N) is 1. The summed E-state index contributed by atoms with van der Waals surface area (Å²) in [6.07, 6.45) is 1.50. The third kappa shape index (κ3) is 3.72. The third-order valence-electron chi connectivity index (χ3n) is 4.27. The van der Waals surface area contributed by atoms with E-state index in [0.29, 0.717) is 22.8 Å². The van der Waals surface area contributed by atoms with Crippen molar-refractivity contribution in [3.05, 3.63) is 52.1 Å². The number of amides is 1. The first kappa shape index (κ1) is 18.3. The van der Waals surface area contributed by atoms with Crippen LogP contribution < -0.4 is 19.5 Å². The van der Waals surface area contributed by atoms with E-state index in [9.17, 15) is 10.1 Å². The zero-order valence-electron chi connectivity index (χ0n) is 15.7. The van der Waals surface area contributed by atoms with E-state index in [1.807, 2.05) is 39.0 Å². The van der Waals surface area contributed by atoms with Gasteiger partial charge in [-0.2, -0.15) is 5.26 Å². The number of fused-ring (bicyclic) bond motifs is 1. The second-order valence-corrected chi connectivity index (χ2v) is 6.35. The van der Waals surface area contributed by atoms with Crippen LogP contribution in [0.15, 0.2) is 29.8 Å². The Balaban J connectivity index is 1.92. The van der Waals surface area contributed by atoms with Gasteiger partial charge in [0.05, 0.1) is 7.11 Å². The third-order valence-corrected chi connectivity index (χ3v) is 4.27. The standard InChI is InChI=1S/C21H20N2O4/c1-12-5-13(2)19(14(3)6-12)23-21(24)16(10-22)7-15-8-17(25-4)20-18(9-15)26-11-27-20/h5-9H,11H2,1-4H3,(H,23,24)/b16-7+. The second-order valence-electron chi connectivity index (χ2n) is 6.35. The maximum absolute atomic E-state index is 12.6. The predicted molar refractivity (Wildman–Crippen MR) is 102 cm³/mol. The Bertz CT molecular complexity index is 963. The highest BCUT2D eigenvalue weighted by molar-refractivity contribution is 6.10. The normalized spacial score (nSPS) is 12.5. The number of nitrogens with zero attached hydrogens (tertiary/aromatic N) is 1. The molecule has 0 fully saturated rings. The van der Waals surface area contributed by atoms with E-state index in [1.165, 1.54) is 13.2 Å². The lowest BCUT2D eigenvalue weighted by molar-refractivity contribution is -0.112. The Kier molecular flexibility index (Phi) is 5.04. The molecule has 0 saturated heterocycles. The van der Waals surface area contributed by atoms with Crippen LogP contribution in [0.5, 0.6) is 17.2 Å². The number of ether oxygens (including phenoxy) is 3. The Morgan fingerprint density at radius 2 is 1.89 bits per heavy atom. The lowest BCUT2D eigenvalue weighted by Gasteiger charge is -2.12. The molecule has 2 aromatic carbocycles. The van der Waals surface area contributed by atoms with Crippen molar-refractivity contribution < 1.29 is 19.0 Å². The van der Waals surface area contributed by atoms with Gasteiger partial charge in [-0.05, 0) is 55.7 Å². The van der Waals surface area contributed by atoms with Crippen molar-refractivity contribution in [3.63, 3.8) is 0 Å². The van der Waals surface area contributed by atoms with Crippen molar-refractivity contribution in [2.45, 2.75) is 20.8 Å². The van der Waals surface area contributed by atoms with Gasteiger partial charge in [0.25, 0.3) is 5.91 Å². The predicted octanol–water partition coefficient (Wildman–Crippen LogP) is 3.89. The van der Waals surface area contributed by atoms with Gasteiger partial charge in [-0.25, -0.2) is 0 Å². The molecular formula is C21H20N2O4. The van der Waals surface area contributed by atoms with E-state index in [0.717, 1.165) is 22.4 Å². The number of hydrogen-bond acceptors (Lipinski definition) is 5. The molecule has 0 saturated carbocycles. The van der Waals surface area contributed by atoms with Gasteiger partial charge in [-0.15, -0.1) is 0 Å². The fourth-order valence-corrected chi connectivity index (χ4v) is 3.11. The number of benzene rings is 2. The number of nitriles is 1. The molecule has 2 aromatic rings. The van der Waals surface area contributed by atoms with Gasteiger partial charge in [0, 0.05) is 5.69 Å². The molecule has 27 heavy (non-hydrogen) atoms. The number of rotatable bonds is 4. The van der Waals surface area contributed by atoms with E-state index in [4.69, 9.17) is 14.2 Å². The summed E-state index contributed by atoms with van der Waals surface area (Å²) in [6.45, 7) is 5.96. The average molecular weight is 364 g/mol. The van der Waals surface area contributed by atoms with Crippen molar-refractivity contribution in [2.75, 3.05) is 19.2 Å². The highest BCUT2D eigenvalue weighted by Crippen LogP contribution is 2.42. The van der Waals surface area contributed by atoms with Gasteiger partial charge in [-0.1, -0.05) is 17.7 Å². The Morgan fingerprint density at radius 1 is 1.19 bits per heavy atom. The van der Waals surface area contributed by atoms with Crippen molar-refractivity contribution in [3.8, 4) is 23.3 Å². The van der Waals surface area contributed by atoms with Crippen LogP contribution in [0.2, 0.25) is 0 Å². The van der Waals surface area contributed by atoms with E-state index in [-0.39, 0.29) is 12.4 Å². The van der Waals surface area contributed by atoms with Crippen LogP contribution in [-0.2, 0) is 4.79 Å². The summed E-state index contributed by atoms with van der Waals surface area (Å²) in [6, 6.07) is 9.34. The highest BCUT2D eigenvalue weighted by atomic mass is 16.7. The van der Waals surface area contributed by atoms with Crippen LogP contribution in [0.3, 0.4) is 0 Å². The number of anilines is 1. The number of carbonyl (C=O) groups excluding carboxylic acids is 1. The van der Waals surface area contributed by atoms with Crippen LogP contribution in [0.1, 0.15) is 22.3 Å². The van der Waals surface area contributed by atoms with E-state index in [2.05, 4.69) is 5.32 Å². The van der Waals surface area contributed by atoms with Gasteiger partial charge >= 0.3 is 0 Å². The largest absolute Gasteiger partial charge is 0.493 e. The summed E-state index contributed by atoms with van der Waals surface area (Å²) < 4.78 is 16.0. The van der Waals surface area contributed by atoms with Crippen LogP contribution in [0, 0.1) is 32.1 Å². The number of hydrogen-bond donors (Lipinski definition) is 1. The van der Waals surface area contributed by atoms with E-state index in [1.54, 1.807) is 12.1 Å². The first-order valence-corrected chi connectivity index (χ1v) is 8.41. The minimum absolute atomic E-state index is 0.0182. The average Bonchev–Trinajstić information content (AvgIpc) is 3.10. The number of carbonyl (C=O) groups is 1. The second kappa shape index (κ2) is 7.42. The topological polar surface area (TPSA) is 80.6 Å². The molecule has 0 radical (unpaired) electrons. The molecule has 0 atom stereocenters. The maximum atomic E-state index is 12.6. The van der Waals surface area contributed by atoms with Crippen molar-refractivity contribution >= 4 is 17.7 Å². The number of methoxy groups -OCH3 is 1. The van der Waals surface area contributed by atoms with Crippen molar-refractivity contribution in [1.82, 2.24) is 0 Å². The van der Waals surface area contributed by atoms with Crippen LogP contribution in [0.25, 0.3) is 6.08 Å². The molecule has 0 aliphatic carbocycles. The Labute approximate surface area is 158 Å². The molecule has 1 aliphatic rings. The fourth-order valence-electron chi connectivity index (χ4n) is 3.11. The summed E-state index contributed by atoms with van der Waals surface area (Å²) in [5.74, 6) is 1.05. The summed E-state index contributed by atoms with van der Waals surface area (Å²) in [5, 5.41) is 12.3. The monoisotopic (exact) mass is 364 g/mol. The Morgan fingerprint density at radius 3 is 2.52 bits per heavy atom. The lowest BCUT2D eigenvalue weighted by Crippen LogP contribution is -2.15. The smallest absolute Gasteiger partial charge is 0.266 e. The fraction of sp³-hybridized carbons (Fsp3) is 0.238. The molecule has 0 unspecified atom stereocenters. The maximum Gasteiger partial charge on any atom is 0.266 e. The molecule has 3 rings (SSSR count). The summed E-state index contributed by atoms with van der Waals surface area (Å²) in [4.78, 5) is 12.6. The van der Waals surface area contributed by atoms with Crippen LogP contribution in [0.4, 0.5) is 5.69 Å². The molecule has 6 heteroatoms. The molecule has 138 valence electrons. The van der Waals surface area contributed by atoms with Gasteiger partial charge in [0.15, 0.2) is 11.5 Å². The SMILES string of the molecule is COc1cc(/C=C(\C#N)C(=O)Nc2c(C)cc(C)cc2C)cc2c1OCO2. The Hall–Kier alpha value is -3.46. The molecule has 1 amide bonds. The zero-order chi connectivity index (χ0) is 19.6. The van der Waals surface area contributed by atoms with Gasteiger partial charge in [-0.3, -0.25) is 4.79 Å². The number of aryl methyl sites for hydroxylation is 3. The molecule has 1 heterocycles. The summed E-state index contributed by atoms with van der Waals surface area (Å²) in [5.41, 5.74) is 4.32. The van der Waals surface area contributed by atoms with Crippen LogP contribution >= 0.6 is 0 Å². The molecule has 6 nitrogen and oxygen atoms in total. The molecule has 0 spiro atoms. The minimum atomic E-state index is -0.468.